The molecule has 4 N–H and O–H groups in total. The molecule has 1 aromatic rings. The van der Waals surface area contributed by atoms with Crippen molar-refractivity contribution < 1.29 is 26.4 Å². The number of halogens is 3. The lowest BCUT2D eigenvalue weighted by Gasteiger charge is -2.28. The molecule has 240 valence electrons. The first kappa shape index (κ1) is 43.3. The Kier molecular flexibility index (Phi) is 24.7. The average Bonchev–Trinajstić information content (AvgIpc) is 2.91. The number of carbonyl (C=O) groups excluding carboxylic acids is 1. The van der Waals surface area contributed by atoms with Crippen LogP contribution in [0.3, 0.4) is 0 Å². The molecule has 0 heterocycles. The fraction of sp³-hybridized carbons (Fsp3) is 0.645. The molecule has 0 aromatic heterocycles. The predicted molar refractivity (Wildman–Crippen MR) is 167 cm³/mol. The maximum atomic E-state index is 13.4. The van der Waals surface area contributed by atoms with Crippen LogP contribution in [0.25, 0.3) is 0 Å². The van der Waals surface area contributed by atoms with E-state index in [1.807, 2.05) is 34.6 Å². The zero-order valence-corrected chi connectivity index (χ0v) is 27.6. The number of alkyl halides is 3. The van der Waals surface area contributed by atoms with Gasteiger partial charge in [0.2, 0.25) is 15.9 Å². The van der Waals surface area contributed by atoms with Crippen molar-refractivity contribution in [1.82, 2.24) is 10.6 Å². The minimum Gasteiger partial charge on any atom is -0.352 e. The van der Waals surface area contributed by atoms with Gasteiger partial charge in [-0.1, -0.05) is 91.2 Å². The van der Waals surface area contributed by atoms with Crippen LogP contribution >= 0.6 is 0 Å². The lowest BCUT2D eigenvalue weighted by Crippen LogP contribution is -2.34. The highest BCUT2D eigenvalue weighted by atomic mass is 32.2. The largest absolute Gasteiger partial charge is 0.397 e. The molecule has 2 atom stereocenters. The number of hydrogen-bond acceptors (Lipinski definition) is 4. The van der Waals surface area contributed by atoms with Crippen LogP contribution in [-0.4, -0.2) is 33.1 Å². The van der Waals surface area contributed by atoms with E-state index in [-0.39, 0.29) is 36.2 Å². The van der Waals surface area contributed by atoms with Crippen LogP contribution in [-0.2, 0) is 21.4 Å². The Labute approximate surface area is 248 Å². The van der Waals surface area contributed by atoms with E-state index in [4.69, 9.17) is 5.14 Å². The molecule has 0 radical (unpaired) electrons. The van der Waals surface area contributed by atoms with E-state index in [0.717, 1.165) is 31.4 Å². The first-order valence-corrected chi connectivity index (χ1v) is 16.2. The van der Waals surface area contributed by atoms with Gasteiger partial charge in [0.15, 0.2) is 0 Å². The average molecular weight is 608 g/mol. The Hall–Kier alpha value is -2.17. The van der Waals surface area contributed by atoms with Crippen LogP contribution in [0.5, 0.6) is 0 Å². The molecule has 0 aliphatic carbocycles. The number of nitrogens with one attached hydrogen (secondary N) is 2. The first-order chi connectivity index (χ1) is 19.1. The Balaban J connectivity index is -0.00000189. The molecule has 0 bridgehead atoms. The van der Waals surface area contributed by atoms with Crippen LogP contribution in [0.2, 0.25) is 0 Å². The van der Waals surface area contributed by atoms with E-state index < -0.39 is 21.6 Å². The number of benzene rings is 1. The third-order valence-corrected chi connectivity index (χ3v) is 6.48. The smallest absolute Gasteiger partial charge is 0.352 e. The van der Waals surface area contributed by atoms with Crippen molar-refractivity contribution in [3.8, 4) is 0 Å². The van der Waals surface area contributed by atoms with Gasteiger partial charge in [-0.15, -0.1) is 6.58 Å². The van der Waals surface area contributed by atoms with Crippen molar-refractivity contribution in [3.63, 3.8) is 0 Å². The third kappa shape index (κ3) is 19.6. The van der Waals surface area contributed by atoms with Gasteiger partial charge in [-0.25, -0.2) is 13.6 Å². The molecule has 0 fully saturated rings. The van der Waals surface area contributed by atoms with E-state index in [1.54, 1.807) is 19.1 Å². The van der Waals surface area contributed by atoms with Gasteiger partial charge in [-0.3, -0.25) is 4.79 Å². The lowest BCUT2D eigenvalue weighted by molar-refractivity contribution is -0.199. The van der Waals surface area contributed by atoms with Gasteiger partial charge >= 0.3 is 6.18 Å². The molecule has 0 aliphatic heterocycles. The SMILES string of the molecule is C=CCC(C)(/C=C(\C)CNC(=O)CC[C@@H](CCC)NCc1ccc(S(N)(=O)=O)cc1)C(F)(F)F.CC.CC.CCC. The molecule has 1 rings (SSSR count). The highest BCUT2D eigenvalue weighted by molar-refractivity contribution is 7.89. The zero-order chi connectivity index (χ0) is 32.7. The molecule has 0 aliphatic rings. The summed E-state index contributed by atoms with van der Waals surface area (Å²) in [5, 5.41) is 11.2. The molecule has 1 unspecified atom stereocenters. The number of amides is 1. The van der Waals surface area contributed by atoms with Crippen molar-refractivity contribution in [2.24, 2.45) is 10.6 Å². The normalized spacial score (nSPS) is 13.5. The van der Waals surface area contributed by atoms with Gasteiger partial charge < -0.3 is 10.6 Å². The second-order valence-corrected chi connectivity index (χ2v) is 11.0. The fourth-order valence-electron chi connectivity index (χ4n) is 3.54. The summed E-state index contributed by atoms with van der Waals surface area (Å²) in [4.78, 5) is 12.3. The van der Waals surface area contributed by atoms with Crippen LogP contribution in [0.1, 0.15) is 106 Å². The van der Waals surface area contributed by atoms with Crippen LogP contribution in [0, 0.1) is 5.41 Å². The summed E-state index contributed by atoms with van der Waals surface area (Å²) in [5.74, 6) is -0.231. The highest BCUT2D eigenvalue weighted by Crippen LogP contribution is 2.43. The molecule has 0 spiro atoms. The van der Waals surface area contributed by atoms with Gasteiger partial charge in [0.25, 0.3) is 0 Å². The van der Waals surface area contributed by atoms with E-state index in [0.29, 0.717) is 18.5 Å². The van der Waals surface area contributed by atoms with Gasteiger partial charge in [-0.2, -0.15) is 13.2 Å². The number of sulfonamides is 1. The molecule has 10 heteroatoms. The maximum absolute atomic E-state index is 13.4. The zero-order valence-electron chi connectivity index (χ0n) is 26.7. The van der Waals surface area contributed by atoms with Crippen LogP contribution < -0.4 is 15.8 Å². The first-order valence-electron chi connectivity index (χ1n) is 14.6. The molecule has 0 saturated carbocycles. The van der Waals surface area contributed by atoms with Gasteiger partial charge in [0.05, 0.1) is 10.3 Å². The molecule has 6 nitrogen and oxygen atoms in total. The van der Waals surface area contributed by atoms with Crippen LogP contribution in [0.4, 0.5) is 13.2 Å². The molecular weight excluding hydrogens is 551 g/mol. The highest BCUT2D eigenvalue weighted by Gasteiger charge is 2.48. The van der Waals surface area contributed by atoms with E-state index in [2.05, 4.69) is 31.1 Å². The lowest BCUT2D eigenvalue weighted by atomic mass is 9.84. The summed E-state index contributed by atoms with van der Waals surface area (Å²) in [5.41, 5.74) is -0.709. The maximum Gasteiger partial charge on any atom is 0.397 e. The van der Waals surface area contributed by atoms with Crippen LogP contribution in [0.15, 0.2) is 53.5 Å². The molecule has 1 aromatic carbocycles. The number of carbonyl (C=O) groups is 1. The number of nitrogens with two attached hydrogens (primary N) is 1. The minimum absolute atomic E-state index is 0.0439. The summed E-state index contributed by atoms with van der Waals surface area (Å²) < 4.78 is 62.8. The van der Waals surface area contributed by atoms with Crippen molar-refractivity contribution in [1.29, 1.82) is 0 Å². The van der Waals surface area contributed by atoms with Gasteiger partial charge in [0, 0.05) is 25.6 Å². The molecule has 41 heavy (non-hydrogen) atoms. The van der Waals surface area contributed by atoms with Crippen molar-refractivity contribution in [2.75, 3.05) is 6.54 Å². The van der Waals surface area contributed by atoms with E-state index in [9.17, 15) is 26.4 Å². The number of hydrogen-bond donors (Lipinski definition) is 3. The molecule has 0 saturated heterocycles. The summed E-state index contributed by atoms with van der Waals surface area (Å²) in [6, 6.07) is 6.32. The Morgan fingerprint density at radius 3 is 1.98 bits per heavy atom. The fourth-order valence-corrected chi connectivity index (χ4v) is 4.05. The summed E-state index contributed by atoms with van der Waals surface area (Å²) >= 11 is 0. The number of primary sulfonamides is 1. The summed E-state index contributed by atoms with van der Waals surface area (Å²) in [6.45, 7) is 20.9. The van der Waals surface area contributed by atoms with Gasteiger partial charge in [0.1, 0.15) is 0 Å². The standard InChI is InChI=1S/C24H36F3N3O3S.C3H8.2C2H6/c1-5-7-20(29-17-19-8-11-21(12-9-19)34(28,32)33)10-13-22(31)30-16-18(3)15-23(4,14-6-2)24(25,26)27;1-3-2;2*1-2/h6,8-9,11-12,15,20,29H,2,5,7,10,13-14,16-17H2,1,3-4H3,(H,30,31)(H2,28,32,33);3H2,1-2H3;2*1-2H3/b18-15+;;;/t20-,23?;;;/m1.../s1. The van der Waals surface area contributed by atoms with Gasteiger partial charge in [-0.05, 0) is 50.8 Å². The van der Waals surface area contributed by atoms with E-state index in [1.165, 1.54) is 24.6 Å². The minimum atomic E-state index is -4.41. The quantitative estimate of drug-likeness (QED) is 0.186. The Morgan fingerprint density at radius 2 is 1.56 bits per heavy atom. The Bertz CT molecular complexity index is 963. The van der Waals surface area contributed by atoms with Crippen molar-refractivity contribution in [3.05, 3.63) is 54.1 Å². The number of rotatable bonds is 14. The molecule has 1 amide bonds. The summed E-state index contributed by atoms with van der Waals surface area (Å²) in [6.07, 6.45) is 1.54. The van der Waals surface area contributed by atoms with Crippen molar-refractivity contribution >= 4 is 15.9 Å². The van der Waals surface area contributed by atoms with E-state index >= 15 is 0 Å². The monoisotopic (exact) mass is 607 g/mol. The molecular formula is C31H56F3N3O3S. The second kappa shape index (κ2) is 23.4. The number of allylic oxidation sites excluding steroid dienone is 2. The Morgan fingerprint density at radius 1 is 1.05 bits per heavy atom. The second-order valence-electron chi connectivity index (χ2n) is 9.48. The van der Waals surface area contributed by atoms with Crippen molar-refractivity contribution in [2.45, 2.75) is 124 Å². The summed E-state index contributed by atoms with van der Waals surface area (Å²) in [7, 11) is -3.74. The predicted octanol–water partition coefficient (Wildman–Crippen LogP) is 8.05. The third-order valence-electron chi connectivity index (χ3n) is 5.55. The topological polar surface area (TPSA) is 101 Å².